The molecule has 0 bridgehead atoms. The van der Waals surface area contributed by atoms with E-state index < -0.39 is 24.0 Å². The number of rotatable bonds is 3. The Bertz CT molecular complexity index is 682. The summed E-state index contributed by atoms with van der Waals surface area (Å²) in [5.41, 5.74) is 0.0907. The van der Waals surface area contributed by atoms with Gasteiger partial charge < -0.3 is 5.11 Å². The highest BCUT2D eigenvalue weighted by atomic mass is 35.5. The normalized spacial score (nSPS) is 14.9. The van der Waals surface area contributed by atoms with Gasteiger partial charge >= 0.3 is 12.1 Å². The van der Waals surface area contributed by atoms with Crippen molar-refractivity contribution < 1.29 is 23.1 Å². The molecule has 2 nitrogen and oxygen atoms in total. The molecular weight excluding hydrogens is 305 g/mol. The van der Waals surface area contributed by atoms with Crippen LogP contribution in [0.25, 0.3) is 10.8 Å². The zero-order chi connectivity index (χ0) is 15.8. The van der Waals surface area contributed by atoms with E-state index in [-0.39, 0.29) is 5.56 Å². The lowest BCUT2D eigenvalue weighted by Gasteiger charge is -2.23. The van der Waals surface area contributed by atoms with Gasteiger partial charge in [0.2, 0.25) is 0 Å². The molecule has 0 aromatic heterocycles. The van der Waals surface area contributed by atoms with Gasteiger partial charge in [0.15, 0.2) is 0 Å². The second kappa shape index (κ2) is 5.56. The highest BCUT2D eigenvalue weighted by Gasteiger charge is 2.45. The lowest BCUT2D eigenvalue weighted by atomic mass is 9.86. The molecule has 0 saturated heterocycles. The van der Waals surface area contributed by atoms with Crippen LogP contribution in [0.4, 0.5) is 13.2 Å². The Hall–Kier alpha value is -1.75. The number of benzene rings is 2. The van der Waals surface area contributed by atoms with E-state index in [0.717, 1.165) is 12.3 Å². The number of carboxylic acid groups (broad SMARTS) is 1. The molecule has 0 amide bonds. The second-order valence-corrected chi connectivity index (χ2v) is 5.27. The van der Waals surface area contributed by atoms with Crippen LogP contribution >= 0.6 is 11.6 Å². The predicted molar refractivity (Wildman–Crippen MR) is 74.6 cm³/mol. The number of alkyl halides is 3. The highest BCUT2D eigenvalue weighted by molar-refractivity contribution is 6.35. The number of carboxylic acids is 1. The molecule has 6 heteroatoms. The van der Waals surface area contributed by atoms with Crippen LogP contribution in [-0.4, -0.2) is 17.3 Å². The van der Waals surface area contributed by atoms with E-state index in [1.54, 1.807) is 24.3 Å². The molecule has 1 N–H and O–H groups in total. The zero-order valence-corrected chi connectivity index (χ0v) is 11.7. The van der Waals surface area contributed by atoms with E-state index in [2.05, 4.69) is 0 Å². The number of aliphatic carboxylic acids is 1. The summed E-state index contributed by atoms with van der Waals surface area (Å²) in [6.07, 6.45) is -4.58. The molecule has 0 radical (unpaired) electrons. The van der Waals surface area contributed by atoms with Crippen molar-refractivity contribution in [3.63, 3.8) is 0 Å². The molecule has 2 aromatic rings. The first-order chi connectivity index (χ1) is 9.71. The van der Waals surface area contributed by atoms with Crippen LogP contribution in [-0.2, 0) is 4.79 Å². The van der Waals surface area contributed by atoms with Crippen LogP contribution in [0.3, 0.4) is 0 Å². The van der Waals surface area contributed by atoms with Crippen LogP contribution in [0.15, 0.2) is 36.4 Å². The van der Waals surface area contributed by atoms with Crippen LogP contribution in [0, 0.1) is 5.92 Å². The fourth-order valence-corrected chi connectivity index (χ4v) is 2.52. The van der Waals surface area contributed by atoms with E-state index in [9.17, 15) is 18.0 Å². The quantitative estimate of drug-likeness (QED) is 0.878. The molecule has 0 aliphatic heterocycles. The minimum absolute atomic E-state index is 0.0907. The summed E-state index contributed by atoms with van der Waals surface area (Å²) < 4.78 is 38.5. The Morgan fingerprint density at radius 3 is 2.48 bits per heavy atom. The summed E-state index contributed by atoms with van der Waals surface area (Å²) in [7, 11) is 0. The van der Waals surface area contributed by atoms with E-state index in [4.69, 9.17) is 16.7 Å². The second-order valence-electron chi connectivity index (χ2n) is 4.87. The predicted octanol–water partition coefficient (Wildman–Crippen LogP) is 4.86. The largest absolute Gasteiger partial charge is 0.481 e. The number of hydrogen-bond donors (Lipinski definition) is 1. The van der Waals surface area contributed by atoms with Gasteiger partial charge in [0, 0.05) is 10.4 Å². The fraction of sp³-hybridized carbons (Fsp3) is 0.267. The summed E-state index contributed by atoms with van der Waals surface area (Å²) in [6, 6.07) is 9.48. The topological polar surface area (TPSA) is 37.3 Å². The lowest BCUT2D eigenvalue weighted by molar-refractivity contribution is -0.183. The van der Waals surface area contributed by atoms with E-state index in [1.165, 1.54) is 12.1 Å². The first-order valence-electron chi connectivity index (χ1n) is 6.19. The molecule has 2 rings (SSSR count). The van der Waals surface area contributed by atoms with Gasteiger partial charge in [-0.05, 0) is 23.1 Å². The fourth-order valence-electron chi connectivity index (χ4n) is 2.28. The third-order valence-corrected chi connectivity index (χ3v) is 3.82. The Morgan fingerprint density at radius 1 is 1.24 bits per heavy atom. The smallest absolute Gasteiger partial charge is 0.392 e. The van der Waals surface area contributed by atoms with Crippen molar-refractivity contribution in [2.75, 3.05) is 0 Å². The molecule has 0 aliphatic carbocycles. The lowest BCUT2D eigenvalue weighted by Crippen LogP contribution is -2.31. The Labute approximate surface area is 124 Å². The van der Waals surface area contributed by atoms with E-state index in [1.807, 2.05) is 0 Å². The van der Waals surface area contributed by atoms with Crippen LogP contribution in [0.5, 0.6) is 0 Å². The van der Waals surface area contributed by atoms with Crippen LogP contribution in [0.1, 0.15) is 18.4 Å². The molecule has 2 atom stereocenters. The van der Waals surface area contributed by atoms with Crippen molar-refractivity contribution in [1.29, 1.82) is 0 Å². The molecule has 0 heterocycles. The third-order valence-electron chi connectivity index (χ3n) is 3.49. The minimum atomic E-state index is -4.58. The molecule has 0 fully saturated rings. The standard InChI is InChI=1S/C15H12ClF3O2/c1-8(15(17,18)19)13(14(20)21)10-6-5-9-3-2-4-12(16)11(9)7-10/h2-8,13H,1H3,(H,20,21). The molecule has 112 valence electrons. The number of halogens is 4. The first-order valence-corrected chi connectivity index (χ1v) is 6.57. The number of carbonyl (C=O) groups is 1. The van der Waals surface area contributed by atoms with Crippen molar-refractivity contribution in [3.8, 4) is 0 Å². The Balaban J connectivity index is 2.56. The first kappa shape index (κ1) is 15.6. The van der Waals surface area contributed by atoms with Crippen LogP contribution in [0.2, 0.25) is 5.02 Å². The van der Waals surface area contributed by atoms with Crippen molar-refractivity contribution in [3.05, 3.63) is 47.0 Å². The minimum Gasteiger partial charge on any atom is -0.481 e. The molecular formula is C15H12ClF3O2. The third kappa shape index (κ3) is 3.13. The summed E-state index contributed by atoms with van der Waals surface area (Å²) >= 11 is 6.01. The average molecular weight is 317 g/mol. The highest BCUT2D eigenvalue weighted by Crippen LogP contribution is 2.38. The van der Waals surface area contributed by atoms with Crippen molar-refractivity contribution in [2.45, 2.75) is 19.0 Å². The van der Waals surface area contributed by atoms with Gasteiger partial charge in [-0.2, -0.15) is 13.2 Å². The van der Waals surface area contributed by atoms with Gasteiger partial charge in [0.25, 0.3) is 0 Å². The van der Waals surface area contributed by atoms with Gasteiger partial charge in [-0.25, -0.2) is 0 Å². The molecule has 21 heavy (non-hydrogen) atoms. The Kier molecular flexibility index (Phi) is 4.14. The summed E-state index contributed by atoms with van der Waals surface area (Å²) in [5, 5.41) is 10.8. The summed E-state index contributed by atoms with van der Waals surface area (Å²) in [4.78, 5) is 11.3. The summed E-state index contributed by atoms with van der Waals surface area (Å²) in [6.45, 7) is 0.871. The maximum Gasteiger partial charge on any atom is 0.392 e. The average Bonchev–Trinajstić information content (AvgIpc) is 2.38. The Morgan fingerprint density at radius 2 is 1.90 bits per heavy atom. The SMILES string of the molecule is CC(C(C(=O)O)c1ccc2cccc(Cl)c2c1)C(F)(F)F. The van der Waals surface area contributed by atoms with Crippen molar-refractivity contribution in [2.24, 2.45) is 5.92 Å². The zero-order valence-electron chi connectivity index (χ0n) is 11.0. The van der Waals surface area contributed by atoms with Gasteiger partial charge in [0.05, 0.1) is 11.8 Å². The number of hydrogen-bond acceptors (Lipinski definition) is 1. The van der Waals surface area contributed by atoms with E-state index >= 15 is 0 Å². The van der Waals surface area contributed by atoms with E-state index in [0.29, 0.717) is 10.4 Å². The maximum atomic E-state index is 12.8. The molecule has 0 spiro atoms. The molecule has 0 saturated carbocycles. The maximum absolute atomic E-state index is 12.8. The van der Waals surface area contributed by atoms with Crippen LogP contribution < -0.4 is 0 Å². The molecule has 2 unspecified atom stereocenters. The summed E-state index contributed by atoms with van der Waals surface area (Å²) in [5.74, 6) is -5.16. The molecule has 0 aliphatic rings. The van der Waals surface area contributed by atoms with Gasteiger partial charge in [-0.1, -0.05) is 42.8 Å². The van der Waals surface area contributed by atoms with Gasteiger partial charge in [-0.15, -0.1) is 0 Å². The molecule has 2 aromatic carbocycles. The van der Waals surface area contributed by atoms with Gasteiger partial charge in [-0.3, -0.25) is 4.79 Å². The van der Waals surface area contributed by atoms with Gasteiger partial charge in [0.1, 0.15) is 0 Å². The monoisotopic (exact) mass is 316 g/mol. The number of fused-ring (bicyclic) bond motifs is 1. The van der Waals surface area contributed by atoms with Crippen molar-refractivity contribution in [1.82, 2.24) is 0 Å². The van der Waals surface area contributed by atoms with Crippen molar-refractivity contribution >= 4 is 28.3 Å².